The molecule has 1 N–H and O–H groups in total. The van der Waals surface area contributed by atoms with Crippen molar-refractivity contribution in [3.05, 3.63) is 53.9 Å². The lowest BCUT2D eigenvalue weighted by Crippen LogP contribution is -2.46. The number of carbonyl (C=O) groups excluding carboxylic acids is 2. The molecule has 0 radical (unpaired) electrons. The SMILES string of the molecule is Cn1cccc1CN1CCN(c2ccc(C(=O)N3CCC4(CCNC4=O)CC3)cc2)CC1. The van der Waals surface area contributed by atoms with Crippen molar-refractivity contribution in [1.29, 1.82) is 0 Å². The molecular formula is C25H33N5O2. The van der Waals surface area contributed by atoms with E-state index < -0.39 is 0 Å². The van der Waals surface area contributed by atoms with Crippen molar-refractivity contribution < 1.29 is 9.59 Å². The Hall–Kier alpha value is -2.80. The van der Waals surface area contributed by atoms with Gasteiger partial charge in [-0.3, -0.25) is 14.5 Å². The van der Waals surface area contributed by atoms with E-state index in [-0.39, 0.29) is 17.2 Å². The van der Waals surface area contributed by atoms with E-state index in [1.54, 1.807) is 0 Å². The van der Waals surface area contributed by atoms with Crippen LogP contribution < -0.4 is 10.2 Å². The van der Waals surface area contributed by atoms with Gasteiger partial charge in [-0.15, -0.1) is 0 Å². The fourth-order valence-electron chi connectivity index (χ4n) is 5.38. The summed E-state index contributed by atoms with van der Waals surface area (Å²) in [5, 5.41) is 2.96. The molecule has 3 aliphatic heterocycles. The van der Waals surface area contributed by atoms with E-state index in [0.29, 0.717) is 13.1 Å². The first-order valence-electron chi connectivity index (χ1n) is 11.8. The average Bonchev–Trinajstić information content (AvgIpc) is 3.39. The smallest absolute Gasteiger partial charge is 0.253 e. The molecule has 0 unspecified atom stereocenters. The normalized spacial score (nSPS) is 21.2. The molecule has 3 saturated heterocycles. The van der Waals surface area contributed by atoms with E-state index in [1.807, 2.05) is 17.0 Å². The number of hydrogen-bond acceptors (Lipinski definition) is 4. The molecule has 0 bridgehead atoms. The maximum absolute atomic E-state index is 13.0. The van der Waals surface area contributed by atoms with Crippen LogP contribution in [0.25, 0.3) is 0 Å². The number of amides is 2. The van der Waals surface area contributed by atoms with Crippen molar-refractivity contribution in [2.45, 2.75) is 25.8 Å². The van der Waals surface area contributed by atoms with Crippen LogP contribution in [0, 0.1) is 5.41 Å². The third-order valence-electron chi connectivity index (χ3n) is 7.67. The van der Waals surface area contributed by atoms with Crippen LogP contribution in [0.15, 0.2) is 42.6 Å². The summed E-state index contributed by atoms with van der Waals surface area (Å²) in [6, 6.07) is 12.4. The first-order chi connectivity index (χ1) is 15.5. The highest BCUT2D eigenvalue weighted by Crippen LogP contribution is 2.38. The molecule has 0 aliphatic carbocycles. The largest absolute Gasteiger partial charge is 0.369 e. The molecule has 1 spiro atoms. The monoisotopic (exact) mass is 435 g/mol. The molecule has 3 fully saturated rings. The minimum Gasteiger partial charge on any atom is -0.369 e. The number of hydrogen-bond donors (Lipinski definition) is 1. The predicted octanol–water partition coefficient (Wildman–Crippen LogP) is 2.09. The number of rotatable bonds is 4. The van der Waals surface area contributed by atoms with Gasteiger partial charge in [0.25, 0.3) is 5.91 Å². The number of aryl methyl sites for hydroxylation is 1. The van der Waals surface area contributed by atoms with Crippen LogP contribution in [0.4, 0.5) is 5.69 Å². The topological polar surface area (TPSA) is 60.8 Å². The van der Waals surface area contributed by atoms with Gasteiger partial charge in [0, 0.05) is 82.5 Å². The maximum atomic E-state index is 13.0. The number of anilines is 1. The van der Waals surface area contributed by atoms with E-state index in [9.17, 15) is 9.59 Å². The molecule has 7 heteroatoms. The lowest BCUT2D eigenvalue weighted by Gasteiger charge is -2.37. The highest BCUT2D eigenvalue weighted by Gasteiger charge is 2.45. The second-order valence-electron chi connectivity index (χ2n) is 9.50. The summed E-state index contributed by atoms with van der Waals surface area (Å²) >= 11 is 0. The number of piperazine rings is 1. The van der Waals surface area contributed by atoms with E-state index in [0.717, 1.165) is 64.1 Å². The predicted molar refractivity (Wildman–Crippen MR) is 125 cm³/mol. The van der Waals surface area contributed by atoms with Gasteiger partial charge >= 0.3 is 0 Å². The Morgan fingerprint density at radius 1 is 0.969 bits per heavy atom. The molecule has 1 aromatic carbocycles. The van der Waals surface area contributed by atoms with Crippen LogP contribution in [-0.2, 0) is 18.4 Å². The highest BCUT2D eigenvalue weighted by atomic mass is 16.2. The average molecular weight is 436 g/mol. The van der Waals surface area contributed by atoms with Crippen LogP contribution in [0.2, 0.25) is 0 Å². The number of likely N-dealkylation sites (tertiary alicyclic amines) is 1. The first kappa shape index (κ1) is 21.1. The summed E-state index contributed by atoms with van der Waals surface area (Å²) in [6.45, 7) is 7.15. The number of benzene rings is 1. The molecule has 32 heavy (non-hydrogen) atoms. The zero-order valence-corrected chi connectivity index (χ0v) is 18.9. The van der Waals surface area contributed by atoms with Crippen LogP contribution in [0.5, 0.6) is 0 Å². The third kappa shape index (κ3) is 4.01. The van der Waals surface area contributed by atoms with Crippen LogP contribution in [-0.4, -0.2) is 72.0 Å². The summed E-state index contributed by atoms with van der Waals surface area (Å²) in [7, 11) is 2.10. The fourth-order valence-corrected chi connectivity index (χ4v) is 5.38. The Morgan fingerprint density at radius 3 is 2.28 bits per heavy atom. The van der Waals surface area contributed by atoms with E-state index in [4.69, 9.17) is 0 Å². The van der Waals surface area contributed by atoms with Crippen LogP contribution in [0.3, 0.4) is 0 Å². The molecule has 3 aliphatic rings. The lowest BCUT2D eigenvalue weighted by atomic mass is 9.77. The van der Waals surface area contributed by atoms with Crippen molar-refractivity contribution >= 4 is 17.5 Å². The Labute approximate surface area is 190 Å². The Balaban J connectivity index is 1.14. The molecule has 0 atom stereocenters. The zero-order valence-electron chi connectivity index (χ0n) is 18.9. The summed E-state index contributed by atoms with van der Waals surface area (Å²) in [4.78, 5) is 32.0. The Morgan fingerprint density at radius 2 is 1.69 bits per heavy atom. The van der Waals surface area contributed by atoms with Gasteiger partial charge in [-0.25, -0.2) is 0 Å². The minimum absolute atomic E-state index is 0.0807. The van der Waals surface area contributed by atoms with Gasteiger partial charge in [0.15, 0.2) is 0 Å². The summed E-state index contributed by atoms with van der Waals surface area (Å²) in [6.07, 6.45) is 4.55. The second kappa shape index (κ2) is 8.62. The van der Waals surface area contributed by atoms with E-state index >= 15 is 0 Å². The molecule has 0 saturated carbocycles. The number of nitrogens with one attached hydrogen (secondary N) is 1. The van der Waals surface area contributed by atoms with Gasteiger partial charge in [0.1, 0.15) is 0 Å². The number of piperidine rings is 1. The molecule has 2 aromatic rings. The maximum Gasteiger partial charge on any atom is 0.253 e. The zero-order chi connectivity index (χ0) is 22.1. The van der Waals surface area contributed by atoms with Crippen molar-refractivity contribution in [2.24, 2.45) is 12.5 Å². The third-order valence-corrected chi connectivity index (χ3v) is 7.67. The molecule has 170 valence electrons. The standard InChI is InChI=1S/C25H33N5O2/c1-27-12-2-3-22(27)19-28-15-17-29(18-16-28)21-6-4-20(5-7-21)23(31)30-13-9-25(10-14-30)8-11-26-24(25)32/h2-7,12H,8-11,13-19H2,1H3,(H,26,32). The molecule has 1 aromatic heterocycles. The summed E-state index contributed by atoms with van der Waals surface area (Å²) < 4.78 is 2.19. The van der Waals surface area contributed by atoms with E-state index in [2.05, 4.69) is 57.2 Å². The molecule has 5 rings (SSSR count). The number of aromatic nitrogens is 1. The van der Waals surface area contributed by atoms with Gasteiger partial charge in [-0.2, -0.15) is 0 Å². The van der Waals surface area contributed by atoms with Crippen LogP contribution in [0.1, 0.15) is 35.3 Å². The van der Waals surface area contributed by atoms with Gasteiger partial charge in [0.05, 0.1) is 5.41 Å². The molecule has 7 nitrogen and oxygen atoms in total. The quantitative estimate of drug-likeness (QED) is 0.799. The summed E-state index contributed by atoms with van der Waals surface area (Å²) in [5.41, 5.74) is 3.03. The number of nitrogens with zero attached hydrogens (tertiary/aromatic N) is 4. The minimum atomic E-state index is -0.233. The van der Waals surface area contributed by atoms with Gasteiger partial charge < -0.3 is 19.7 Å². The van der Waals surface area contributed by atoms with E-state index in [1.165, 1.54) is 11.4 Å². The van der Waals surface area contributed by atoms with Gasteiger partial charge in [-0.1, -0.05) is 0 Å². The summed E-state index contributed by atoms with van der Waals surface area (Å²) in [5.74, 6) is 0.259. The van der Waals surface area contributed by atoms with Gasteiger partial charge in [-0.05, 0) is 55.7 Å². The van der Waals surface area contributed by atoms with Gasteiger partial charge in [0.2, 0.25) is 5.91 Å². The molecular weight excluding hydrogens is 402 g/mol. The van der Waals surface area contributed by atoms with Crippen molar-refractivity contribution in [3.8, 4) is 0 Å². The molecule has 4 heterocycles. The highest BCUT2D eigenvalue weighted by molar-refractivity contribution is 5.95. The van der Waals surface area contributed by atoms with Crippen LogP contribution >= 0.6 is 0 Å². The van der Waals surface area contributed by atoms with Crippen molar-refractivity contribution in [2.75, 3.05) is 50.7 Å². The second-order valence-corrected chi connectivity index (χ2v) is 9.50. The number of carbonyl (C=O) groups is 2. The van der Waals surface area contributed by atoms with Crippen molar-refractivity contribution in [3.63, 3.8) is 0 Å². The fraction of sp³-hybridized carbons (Fsp3) is 0.520. The lowest BCUT2D eigenvalue weighted by molar-refractivity contribution is -0.129. The first-order valence-corrected chi connectivity index (χ1v) is 11.8. The molecule has 2 amide bonds. The van der Waals surface area contributed by atoms with Crippen molar-refractivity contribution in [1.82, 2.24) is 19.7 Å². The Bertz CT molecular complexity index is 966. The Kier molecular flexibility index (Phi) is 5.67.